The fourth-order valence-corrected chi connectivity index (χ4v) is 2.05. The van der Waals surface area contributed by atoms with Crippen LogP contribution in [0.25, 0.3) is 0 Å². The highest BCUT2D eigenvalue weighted by Gasteiger charge is 2.27. The zero-order chi connectivity index (χ0) is 11.5. The summed E-state index contributed by atoms with van der Waals surface area (Å²) in [5.74, 6) is 2.68. The first-order valence-electron chi connectivity index (χ1n) is 6.09. The third-order valence-electron chi connectivity index (χ3n) is 3.23. The molecular weight excluding hydrogens is 198 g/mol. The van der Waals surface area contributed by atoms with Crippen LogP contribution < -0.4 is 5.32 Å². The maximum atomic E-state index is 4.49. The van der Waals surface area contributed by atoms with Gasteiger partial charge in [0.2, 0.25) is 5.95 Å². The minimum Gasteiger partial charge on any atom is -0.355 e. The molecule has 0 spiro atoms. The number of nitrogens with zero attached hydrogens (tertiary/aromatic N) is 2. The molecule has 2 rings (SSSR count). The van der Waals surface area contributed by atoms with E-state index in [0.29, 0.717) is 0 Å². The third-order valence-corrected chi connectivity index (χ3v) is 3.23. The van der Waals surface area contributed by atoms with E-state index >= 15 is 0 Å². The number of hydrogen-bond acceptors (Lipinski definition) is 2. The lowest BCUT2D eigenvalue weighted by Crippen LogP contribution is -2.15. The Labute approximate surface area is 97.6 Å². The van der Waals surface area contributed by atoms with Crippen molar-refractivity contribution in [2.75, 3.05) is 11.9 Å². The van der Waals surface area contributed by atoms with Crippen LogP contribution in [0.15, 0.2) is 18.9 Å². The molecule has 3 nitrogen and oxygen atoms in total. The first-order chi connectivity index (χ1) is 7.70. The molecule has 16 heavy (non-hydrogen) atoms. The van der Waals surface area contributed by atoms with Gasteiger partial charge in [-0.25, -0.2) is 4.98 Å². The Morgan fingerprint density at radius 1 is 1.69 bits per heavy atom. The van der Waals surface area contributed by atoms with E-state index in [1.165, 1.54) is 12.8 Å². The summed E-state index contributed by atoms with van der Waals surface area (Å²) in [5, 5.41) is 3.44. The van der Waals surface area contributed by atoms with Crippen molar-refractivity contribution >= 4 is 5.95 Å². The van der Waals surface area contributed by atoms with Crippen LogP contribution in [0.5, 0.6) is 0 Å². The van der Waals surface area contributed by atoms with Gasteiger partial charge < -0.3 is 9.88 Å². The topological polar surface area (TPSA) is 29.9 Å². The Balaban J connectivity index is 1.93. The molecule has 1 N–H and O–H groups in total. The van der Waals surface area contributed by atoms with Crippen LogP contribution in [0.1, 0.15) is 25.5 Å². The number of imidazole rings is 1. The van der Waals surface area contributed by atoms with Crippen molar-refractivity contribution in [3.05, 3.63) is 24.5 Å². The van der Waals surface area contributed by atoms with E-state index in [2.05, 4.69) is 34.6 Å². The van der Waals surface area contributed by atoms with Crippen LogP contribution in [0.4, 0.5) is 5.95 Å². The molecule has 1 atom stereocenters. The lowest BCUT2D eigenvalue weighted by atomic mass is 10.1. The van der Waals surface area contributed by atoms with Gasteiger partial charge in [-0.3, -0.25) is 0 Å². The molecule has 88 valence electrons. The second kappa shape index (κ2) is 4.73. The van der Waals surface area contributed by atoms with Crippen LogP contribution in [0, 0.1) is 18.8 Å². The summed E-state index contributed by atoms with van der Waals surface area (Å²) in [7, 11) is 0. The van der Waals surface area contributed by atoms with Gasteiger partial charge in [0.05, 0.1) is 5.69 Å². The van der Waals surface area contributed by atoms with Gasteiger partial charge in [-0.05, 0) is 31.6 Å². The molecule has 0 saturated heterocycles. The maximum absolute atomic E-state index is 4.49. The SMILES string of the molecule is C=CCn1cc(C)nc1NCC(C)C1CC1. The summed E-state index contributed by atoms with van der Waals surface area (Å²) >= 11 is 0. The van der Waals surface area contributed by atoms with Gasteiger partial charge in [-0.2, -0.15) is 0 Å². The van der Waals surface area contributed by atoms with Crippen molar-refractivity contribution in [1.29, 1.82) is 0 Å². The Morgan fingerprint density at radius 3 is 3.06 bits per heavy atom. The van der Waals surface area contributed by atoms with Gasteiger partial charge >= 0.3 is 0 Å². The Bertz CT molecular complexity index is 363. The van der Waals surface area contributed by atoms with Crippen molar-refractivity contribution in [3.63, 3.8) is 0 Å². The molecule has 3 heteroatoms. The number of nitrogens with one attached hydrogen (secondary N) is 1. The molecule has 0 radical (unpaired) electrons. The molecule has 0 bridgehead atoms. The molecule has 0 aliphatic heterocycles. The van der Waals surface area contributed by atoms with Gasteiger partial charge in [0.15, 0.2) is 0 Å². The zero-order valence-electron chi connectivity index (χ0n) is 10.2. The van der Waals surface area contributed by atoms with Crippen molar-refractivity contribution < 1.29 is 0 Å². The van der Waals surface area contributed by atoms with E-state index in [4.69, 9.17) is 0 Å². The molecule has 1 aromatic rings. The largest absolute Gasteiger partial charge is 0.355 e. The van der Waals surface area contributed by atoms with E-state index in [1.807, 2.05) is 13.0 Å². The highest BCUT2D eigenvalue weighted by atomic mass is 15.2. The lowest BCUT2D eigenvalue weighted by Gasteiger charge is -2.12. The monoisotopic (exact) mass is 219 g/mol. The molecule has 1 heterocycles. The first-order valence-corrected chi connectivity index (χ1v) is 6.09. The van der Waals surface area contributed by atoms with E-state index < -0.39 is 0 Å². The molecule has 1 aliphatic carbocycles. The van der Waals surface area contributed by atoms with Gasteiger partial charge in [-0.1, -0.05) is 13.0 Å². The number of hydrogen-bond donors (Lipinski definition) is 1. The van der Waals surface area contributed by atoms with E-state index in [0.717, 1.165) is 36.6 Å². The predicted molar refractivity (Wildman–Crippen MR) is 67.5 cm³/mol. The van der Waals surface area contributed by atoms with Crippen molar-refractivity contribution in [2.45, 2.75) is 33.2 Å². The smallest absolute Gasteiger partial charge is 0.203 e. The van der Waals surface area contributed by atoms with Crippen molar-refractivity contribution in [1.82, 2.24) is 9.55 Å². The summed E-state index contributed by atoms with van der Waals surface area (Å²) in [6, 6.07) is 0. The average molecular weight is 219 g/mol. The first kappa shape index (κ1) is 11.2. The average Bonchev–Trinajstić information content (AvgIpc) is 3.02. The van der Waals surface area contributed by atoms with E-state index in [-0.39, 0.29) is 0 Å². The van der Waals surface area contributed by atoms with Crippen LogP contribution in [-0.4, -0.2) is 16.1 Å². The predicted octanol–water partition coefficient (Wildman–Crippen LogP) is 2.84. The minimum atomic E-state index is 0.759. The lowest BCUT2D eigenvalue weighted by molar-refractivity contribution is 0.533. The molecule has 0 aromatic carbocycles. The highest BCUT2D eigenvalue weighted by molar-refractivity contribution is 5.29. The fraction of sp³-hybridized carbons (Fsp3) is 0.615. The summed E-state index contributed by atoms with van der Waals surface area (Å²) < 4.78 is 2.11. The maximum Gasteiger partial charge on any atom is 0.203 e. The number of aryl methyl sites for hydroxylation is 1. The van der Waals surface area contributed by atoms with Gasteiger partial charge in [0.1, 0.15) is 0 Å². The van der Waals surface area contributed by atoms with Crippen LogP contribution in [0.2, 0.25) is 0 Å². The van der Waals surface area contributed by atoms with Gasteiger partial charge in [-0.15, -0.1) is 6.58 Å². The summed E-state index contributed by atoms with van der Waals surface area (Å²) in [6.07, 6.45) is 6.77. The van der Waals surface area contributed by atoms with Crippen LogP contribution in [0.3, 0.4) is 0 Å². The Kier molecular flexibility index (Phi) is 3.32. The fourth-order valence-electron chi connectivity index (χ4n) is 2.05. The van der Waals surface area contributed by atoms with Crippen molar-refractivity contribution in [3.8, 4) is 0 Å². The second-order valence-electron chi connectivity index (χ2n) is 4.84. The summed E-state index contributed by atoms with van der Waals surface area (Å²) in [4.78, 5) is 4.49. The number of allylic oxidation sites excluding steroid dienone is 1. The van der Waals surface area contributed by atoms with Gasteiger partial charge in [0, 0.05) is 19.3 Å². The van der Waals surface area contributed by atoms with Crippen LogP contribution in [-0.2, 0) is 6.54 Å². The molecule has 0 amide bonds. The molecule has 1 unspecified atom stereocenters. The molecule has 1 saturated carbocycles. The van der Waals surface area contributed by atoms with Gasteiger partial charge in [0.25, 0.3) is 0 Å². The Morgan fingerprint density at radius 2 is 2.44 bits per heavy atom. The summed E-state index contributed by atoms with van der Waals surface area (Å²) in [6.45, 7) is 9.95. The molecular formula is C13H21N3. The van der Waals surface area contributed by atoms with Crippen molar-refractivity contribution in [2.24, 2.45) is 11.8 Å². The van der Waals surface area contributed by atoms with Crippen LogP contribution >= 0.6 is 0 Å². The third kappa shape index (κ3) is 2.65. The summed E-state index contributed by atoms with van der Waals surface area (Å²) in [5.41, 5.74) is 1.06. The molecule has 1 aromatic heterocycles. The second-order valence-corrected chi connectivity index (χ2v) is 4.84. The van der Waals surface area contributed by atoms with E-state index in [1.54, 1.807) is 0 Å². The number of rotatable bonds is 6. The minimum absolute atomic E-state index is 0.759. The number of anilines is 1. The quantitative estimate of drug-likeness (QED) is 0.746. The highest BCUT2D eigenvalue weighted by Crippen LogP contribution is 2.36. The standard InChI is InChI=1S/C13H21N3/c1-4-7-16-9-11(3)15-13(16)14-8-10(2)12-5-6-12/h4,9-10,12H,1,5-8H2,2-3H3,(H,14,15). The Hall–Kier alpha value is -1.25. The van der Waals surface area contributed by atoms with E-state index in [9.17, 15) is 0 Å². The number of aromatic nitrogens is 2. The zero-order valence-corrected chi connectivity index (χ0v) is 10.2. The molecule has 1 fully saturated rings. The molecule has 1 aliphatic rings. The normalized spacial score (nSPS) is 17.1.